The third-order valence-electron chi connectivity index (χ3n) is 5.13. The van der Waals surface area contributed by atoms with Gasteiger partial charge in [0.1, 0.15) is 11.3 Å². The molecule has 2 fully saturated rings. The molecule has 2 aliphatic heterocycles. The van der Waals surface area contributed by atoms with Crippen LogP contribution in [-0.4, -0.2) is 54.1 Å². The molecule has 0 bridgehead atoms. The van der Waals surface area contributed by atoms with E-state index in [9.17, 15) is 14.4 Å². The van der Waals surface area contributed by atoms with Crippen molar-refractivity contribution in [1.29, 1.82) is 0 Å². The highest BCUT2D eigenvalue weighted by atomic mass is 16.6. The van der Waals surface area contributed by atoms with Gasteiger partial charge in [0.15, 0.2) is 5.60 Å². The predicted molar refractivity (Wildman–Crippen MR) is 95.2 cm³/mol. The zero-order valence-electron chi connectivity index (χ0n) is 15.8. The number of ether oxygens (including phenoxy) is 1. The van der Waals surface area contributed by atoms with Crippen molar-refractivity contribution in [2.45, 2.75) is 45.6 Å². The molecular weight excluding hydrogens is 336 g/mol. The van der Waals surface area contributed by atoms with E-state index < -0.39 is 11.2 Å². The number of carbonyl (C=O) groups is 2. The number of hydrogen-bond donors (Lipinski definition) is 0. The van der Waals surface area contributed by atoms with E-state index in [4.69, 9.17) is 9.15 Å². The minimum Gasteiger partial charge on any atom is -0.439 e. The average Bonchev–Trinajstić information content (AvgIpc) is 3.07. The summed E-state index contributed by atoms with van der Waals surface area (Å²) < 4.78 is 10.8. The van der Waals surface area contributed by atoms with E-state index in [0.29, 0.717) is 49.7 Å². The molecule has 2 aliphatic rings. The van der Waals surface area contributed by atoms with Crippen molar-refractivity contribution < 1.29 is 18.7 Å². The minimum absolute atomic E-state index is 0.0769. The van der Waals surface area contributed by atoms with E-state index >= 15 is 0 Å². The van der Waals surface area contributed by atoms with Crippen molar-refractivity contribution in [3.8, 4) is 0 Å². The molecule has 0 aliphatic carbocycles. The summed E-state index contributed by atoms with van der Waals surface area (Å²) in [4.78, 5) is 40.1. The van der Waals surface area contributed by atoms with Crippen molar-refractivity contribution in [2.75, 3.05) is 26.7 Å². The fourth-order valence-electron chi connectivity index (χ4n) is 3.66. The summed E-state index contributed by atoms with van der Waals surface area (Å²) >= 11 is 0. The lowest BCUT2D eigenvalue weighted by atomic mass is 10.0. The molecule has 2 saturated heterocycles. The predicted octanol–water partition coefficient (Wildman–Crippen LogP) is 2.20. The summed E-state index contributed by atoms with van der Waals surface area (Å²) in [6.45, 7) is 7.19. The molecule has 7 heteroatoms. The molecule has 3 heterocycles. The third-order valence-corrected chi connectivity index (χ3v) is 5.13. The summed E-state index contributed by atoms with van der Waals surface area (Å²) in [5.41, 5.74) is -0.540. The van der Waals surface area contributed by atoms with Gasteiger partial charge in [-0.2, -0.15) is 0 Å². The molecule has 26 heavy (non-hydrogen) atoms. The summed E-state index contributed by atoms with van der Waals surface area (Å²) in [6, 6.07) is 1.78. The lowest BCUT2D eigenvalue weighted by Crippen LogP contribution is -2.40. The number of amides is 2. The van der Waals surface area contributed by atoms with E-state index in [1.165, 1.54) is 4.90 Å². The summed E-state index contributed by atoms with van der Waals surface area (Å²) in [5, 5.41) is 0. The van der Waals surface area contributed by atoms with E-state index in [1.54, 1.807) is 24.9 Å². The van der Waals surface area contributed by atoms with Crippen molar-refractivity contribution in [3.63, 3.8) is 0 Å². The van der Waals surface area contributed by atoms with Crippen LogP contribution in [0.3, 0.4) is 0 Å². The van der Waals surface area contributed by atoms with Crippen LogP contribution in [0.1, 0.15) is 48.4 Å². The molecule has 142 valence electrons. The van der Waals surface area contributed by atoms with Crippen LogP contribution in [0.15, 0.2) is 15.3 Å². The van der Waals surface area contributed by atoms with E-state index in [0.717, 1.165) is 6.42 Å². The first-order valence-electron chi connectivity index (χ1n) is 9.08. The molecule has 1 unspecified atom stereocenters. The fraction of sp³-hybridized carbons (Fsp3) is 0.632. The van der Waals surface area contributed by atoms with Crippen LogP contribution in [0.5, 0.6) is 0 Å². The molecule has 3 rings (SSSR count). The van der Waals surface area contributed by atoms with Crippen molar-refractivity contribution in [3.05, 3.63) is 33.4 Å². The van der Waals surface area contributed by atoms with Crippen LogP contribution in [0.4, 0.5) is 4.79 Å². The van der Waals surface area contributed by atoms with Gasteiger partial charge in [0.25, 0.3) is 5.91 Å². The SMILES string of the molecule is Cc1cc(CCC(C)C)oc(=O)c1C(=O)N1CCC2(CN(C)C(=O)O2)C1. The number of likely N-dealkylation sites (N-methyl/N-ethyl adjacent to an activating group) is 1. The van der Waals surface area contributed by atoms with E-state index in [1.807, 2.05) is 0 Å². The zero-order valence-corrected chi connectivity index (χ0v) is 15.8. The van der Waals surface area contributed by atoms with E-state index in [-0.39, 0.29) is 17.6 Å². The van der Waals surface area contributed by atoms with Crippen LogP contribution in [0.2, 0.25) is 0 Å². The van der Waals surface area contributed by atoms with Gasteiger partial charge in [-0.25, -0.2) is 9.59 Å². The first-order valence-corrected chi connectivity index (χ1v) is 9.08. The number of hydrogen-bond acceptors (Lipinski definition) is 5. The maximum Gasteiger partial charge on any atom is 0.410 e. The Morgan fingerprint density at radius 3 is 2.62 bits per heavy atom. The smallest absolute Gasteiger partial charge is 0.410 e. The highest BCUT2D eigenvalue weighted by Gasteiger charge is 2.50. The Kier molecular flexibility index (Phi) is 4.82. The Labute approximate surface area is 152 Å². The molecule has 0 radical (unpaired) electrons. The Morgan fingerprint density at radius 1 is 1.31 bits per heavy atom. The molecule has 0 saturated carbocycles. The largest absolute Gasteiger partial charge is 0.439 e. The highest BCUT2D eigenvalue weighted by Crippen LogP contribution is 2.32. The van der Waals surface area contributed by atoms with Gasteiger partial charge in [-0.05, 0) is 30.9 Å². The maximum atomic E-state index is 12.9. The molecule has 7 nitrogen and oxygen atoms in total. The van der Waals surface area contributed by atoms with Gasteiger partial charge < -0.3 is 19.0 Å². The van der Waals surface area contributed by atoms with Crippen LogP contribution in [0.25, 0.3) is 0 Å². The van der Waals surface area contributed by atoms with Gasteiger partial charge in [0.05, 0.1) is 13.1 Å². The van der Waals surface area contributed by atoms with E-state index in [2.05, 4.69) is 13.8 Å². The second kappa shape index (κ2) is 6.78. The maximum absolute atomic E-state index is 12.9. The van der Waals surface area contributed by atoms with Crippen LogP contribution in [-0.2, 0) is 11.2 Å². The quantitative estimate of drug-likeness (QED) is 0.820. The summed E-state index contributed by atoms with van der Waals surface area (Å²) in [5.74, 6) is 0.770. The lowest BCUT2D eigenvalue weighted by Gasteiger charge is -2.22. The number of carbonyl (C=O) groups excluding carboxylic acids is 2. The monoisotopic (exact) mass is 362 g/mol. The Balaban J connectivity index is 1.76. The van der Waals surface area contributed by atoms with Gasteiger partial charge in [0.2, 0.25) is 0 Å². The topological polar surface area (TPSA) is 80.1 Å². The number of aryl methyl sites for hydroxylation is 2. The highest BCUT2D eigenvalue weighted by molar-refractivity contribution is 5.95. The molecule has 1 aromatic heterocycles. The number of likely N-dealkylation sites (tertiary alicyclic amines) is 1. The van der Waals surface area contributed by atoms with Crippen molar-refractivity contribution in [2.24, 2.45) is 5.92 Å². The van der Waals surface area contributed by atoms with Gasteiger partial charge in [0, 0.05) is 26.4 Å². The minimum atomic E-state index is -0.660. The molecule has 1 atom stereocenters. The average molecular weight is 362 g/mol. The van der Waals surface area contributed by atoms with Crippen molar-refractivity contribution >= 4 is 12.0 Å². The Bertz CT molecular complexity index is 785. The van der Waals surface area contributed by atoms with Crippen LogP contribution < -0.4 is 5.63 Å². The van der Waals surface area contributed by atoms with Gasteiger partial charge >= 0.3 is 11.7 Å². The Hall–Kier alpha value is -2.31. The molecule has 0 N–H and O–H groups in total. The fourth-order valence-corrected chi connectivity index (χ4v) is 3.66. The zero-order chi connectivity index (χ0) is 19.1. The Morgan fingerprint density at radius 2 is 2.04 bits per heavy atom. The normalized spacial score (nSPS) is 22.6. The molecule has 1 aromatic rings. The second-order valence-electron chi connectivity index (χ2n) is 7.87. The first-order chi connectivity index (χ1) is 12.2. The summed E-state index contributed by atoms with van der Waals surface area (Å²) in [7, 11) is 1.68. The standard InChI is InChI=1S/C19H26N2O5/c1-12(2)5-6-14-9-13(3)15(17(23)25-14)16(22)21-8-7-19(11-21)10-20(4)18(24)26-19/h9,12H,5-8,10-11H2,1-4H3. The number of nitrogens with zero attached hydrogens (tertiary/aromatic N) is 2. The van der Waals surface area contributed by atoms with Crippen LogP contribution in [0, 0.1) is 12.8 Å². The second-order valence-corrected chi connectivity index (χ2v) is 7.87. The van der Waals surface area contributed by atoms with Crippen molar-refractivity contribution in [1.82, 2.24) is 9.80 Å². The van der Waals surface area contributed by atoms with Gasteiger partial charge in [-0.3, -0.25) is 4.79 Å². The molecular formula is C19H26N2O5. The van der Waals surface area contributed by atoms with Crippen LogP contribution >= 0.6 is 0 Å². The number of rotatable bonds is 4. The molecule has 2 amide bonds. The van der Waals surface area contributed by atoms with Gasteiger partial charge in [-0.1, -0.05) is 13.8 Å². The first kappa shape index (κ1) is 18.5. The molecule has 1 spiro atoms. The summed E-state index contributed by atoms with van der Waals surface area (Å²) in [6.07, 6.45) is 1.80. The van der Waals surface area contributed by atoms with Gasteiger partial charge in [-0.15, -0.1) is 0 Å². The lowest BCUT2D eigenvalue weighted by molar-refractivity contribution is 0.0550. The third kappa shape index (κ3) is 3.48. The molecule has 0 aromatic carbocycles.